The van der Waals surface area contributed by atoms with E-state index in [4.69, 9.17) is 19.4 Å². The minimum absolute atomic E-state index is 0.100. The summed E-state index contributed by atoms with van der Waals surface area (Å²) < 4.78 is 11.0. The summed E-state index contributed by atoms with van der Waals surface area (Å²) in [7, 11) is 0. The molecule has 254 valence electrons. The van der Waals surface area contributed by atoms with Gasteiger partial charge in [-0.1, -0.05) is 64.1 Å². The van der Waals surface area contributed by atoms with E-state index in [2.05, 4.69) is 69.1 Å². The predicted octanol–water partition coefficient (Wildman–Crippen LogP) is 9.22. The van der Waals surface area contributed by atoms with Gasteiger partial charge in [-0.2, -0.15) is 0 Å². The number of aromatic amines is 2. The number of hydrogen-bond acceptors (Lipinski definition) is 6. The standard InChI is InChI=1S/C38H48N6O4/c1-21(2)31(43-35(45)47-37(5,6)7)33-39-27-17-15-25(19-29(27)41-33)23-11-13-24(14-12-23)26-16-18-28-30(20-26)42-34(40-28)32(22(3)4)44-36(46)48-38(8,9)10/h11-22,31-32H,1-10H3,(H,39,41)(H,40,42)(H,43,45)(H,44,46)/t31-,32-/m0/s1. The maximum Gasteiger partial charge on any atom is 0.408 e. The highest BCUT2D eigenvalue weighted by Gasteiger charge is 2.26. The summed E-state index contributed by atoms with van der Waals surface area (Å²) in [4.78, 5) is 41.5. The molecular formula is C38H48N6O4. The zero-order valence-corrected chi connectivity index (χ0v) is 29.6. The number of nitrogens with zero attached hydrogens (tertiary/aromatic N) is 2. The average molecular weight is 653 g/mol. The molecule has 0 fully saturated rings. The molecule has 0 radical (unpaired) electrons. The van der Waals surface area contributed by atoms with E-state index >= 15 is 0 Å². The summed E-state index contributed by atoms with van der Waals surface area (Å²) in [5.74, 6) is 1.58. The SMILES string of the molecule is CC(C)[C@H](NC(=O)OC(C)(C)C)c1nc2ccc(-c3ccc(-c4ccc5nc([C@@H](NC(=O)OC(C)(C)C)C(C)C)[nH]c5c4)cc3)cc2[nH]1. The van der Waals surface area contributed by atoms with E-state index in [0.29, 0.717) is 11.6 Å². The summed E-state index contributed by atoms with van der Waals surface area (Å²) in [6.45, 7) is 19.2. The molecule has 2 heterocycles. The number of carbonyl (C=O) groups is 2. The molecule has 0 unspecified atom stereocenters. The Morgan fingerprint density at radius 2 is 0.917 bits per heavy atom. The van der Waals surface area contributed by atoms with Crippen LogP contribution in [0.4, 0.5) is 9.59 Å². The van der Waals surface area contributed by atoms with E-state index in [-0.39, 0.29) is 23.9 Å². The van der Waals surface area contributed by atoms with Crippen LogP contribution < -0.4 is 10.6 Å². The van der Waals surface area contributed by atoms with Crippen LogP contribution in [-0.4, -0.2) is 43.3 Å². The summed E-state index contributed by atoms with van der Waals surface area (Å²) in [6, 6.07) is 20.1. The Morgan fingerprint density at radius 3 is 1.23 bits per heavy atom. The zero-order chi connectivity index (χ0) is 35.0. The topological polar surface area (TPSA) is 134 Å². The first-order chi connectivity index (χ1) is 22.5. The molecule has 0 spiro atoms. The Kier molecular flexibility index (Phi) is 9.58. The zero-order valence-electron chi connectivity index (χ0n) is 29.6. The maximum absolute atomic E-state index is 12.5. The normalized spacial score (nSPS) is 13.6. The van der Waals surface area contributed by atoms with Gasteiger partial charge in [-0.25, -0.2) is 19.6 Å². The van der Waals surface area contributed by atoms with Gasteiger partial charge in [0.05, 0.1) is 34.2 Å². The molecule has 0 bridgehead atoms. The van der Waals surface area contributed by atoms with Crippen molar-refractivity contribution < 1.29 is 19.1 Å². The van der Waals surface area contributed by atoms with Crippen LogP contribution in [0.5, 0.6) is 0 Å². The summed E-state index contributed by atoms with van der Waals surface area (Å²) in [6.07, 6.45) is -0.936. The van der Waals surface area contributed by atoms with Crippen LogP contribution in [0, 0.1) is 11.8 Å². The number of alkyl carbamates (subject to hydrolysis) is 2. The van der Waals surface area contributed by atoms with Crippen molar-refractivity contribution in [3.05, 3.63) is 72.3 Å². The lowest BCUT2D eigenvalue weighted by molar-refractivity contribution is 0.0476. The third-order valence-corrected chi connectivity index (χ3v) is 7.82. The number of amides is 2. The van der Waals surface area contributed by atoms with Crippen LogP contribution in [-0.2, 0) is 9.47 Å². The summed E-state index contributed by atoms with van der Waals surface area (Å²) >= 11 is 0. The number of ether oxygens (including phenoxy) is 2. The lowest BCUT2D eigenvalue weighted by Gasteiger charge is -2.24. The van der Waals surface area contributed by atoms with Crippen LogP contribution >= 0.6 is 0 Å². The minimum Gasteiger partial charge on any atom is -0.444 e. The van der Waals surface area contributed by atoms with E-state index in [1.54, 1.807) is 0 Å². The van der Waals surface area contributed by atoms with Crippen LogP contribution in [0.2, 0.25) is 0 Å². The molecule has 0 saturated heterocycles. The van der Waals surface area contributed by atoms with Crippen LogP contribution in [0.25, 0.3) is 44.3 Å². The van der Waals surface area contributed by atoms with Crippen LogP contribution in [0.15, 0.2) is 60.7 Å². The predicted molar refractivity (Wildman–Crippen MR) is 191 cm³/mol. The van der Waals surface area contributed by atoms with Crippen molar-refractivity contribution in [2.24, 2.45) is 11.8 Å². The Morgan fingerprint density at radius 1 is 0.583 bits per heavy atom. The van der Waals surface area contributed by atoms with Gasteiger partial charge in [0.25, 0.3) is 0 Å². The molecule has 0 aliphatic carbocycles. The fourth-order valence-corrected chi connectivity index (χ4v) is 5.54. The molecule has 48 heavy (non-hydrogen) atoms. The van der Waals surface area contributed by atoms with Gasteiger partial charge in [-0.15, -0.1) is 0 Å². The Bertz CT molecular complexity index is 1770. The Balaban J connectivity index is 1.34. The highest BCUT2D eigenvalue weighted by atomic mass is 16.6. The number of H-pyrrole nitrogens is 2. The molecule has 10 heteroatoms. The van der Waals surface area contributed by atoms with Crippen molar-refractivity contribution in [2.45, 2.75) is 92.5 Å². The average Bonchev–Trinajstić information content (AvgIpc) is 3.60. The smallest absolute Gasteiger partial charge is 0.408 e. The maximum atomic E-state index is 12.5. The monoisotopic (exact) mass is 652 g/mol. The number of hydrogen-bond donors (Lipinski definition) is 4. The fourth-order valence-electron chi connectivity index (χ4n) is 5.54. The second-order valence-electron chi connectivity index (χ2n) is 15.0. The van der Waals surface area contributed by atoms with E-state index < -0.39 is 23.4 Å². The molecule has 10 nitrogen and oxygen atoms in total. The fraction of sp³-hybridized carbons (Fsp3) is 0.421. The van der Waals surface area contributed by atoms with Gasteiger partial charge >= 0.3 is 12.2 Å². The molecule has 5 aromatic rings. The first kappa shape index (κ1) is 34.5. The molecule has 2 aromatic heterocycles. The van der Waals surface area contributed by atoms with Crippen LogP contribution in [0.1, 0.15) is 93.0 Å². The van der Waals surface area contributed by atoms with Crippen LogP contribution in [0.3, 0.4) is 0 Å². The van der Waals surface area contributed by atoms with E-state index in [0.717, 1.165) is 44.3 Å². The molecule has 3 aromatic carbocycles. The van der Waals surface area contributed by atoms with Gasteiger partial charge in [0, 0.05) is 0 Å². The van der Waals surface area contributed by atoms with Gasteiger partial charge in [-0.3, -0.25) is 0 Å². The van der Waals surface area contributed by atoms with Crippen molar-refractivity contribution >= 4 is 34.3 Å². The van der Waals surface area contributed by atoms with Crippen molar-refractivity contribution in [1.82, 2.24) is 30.6 Å². The lowest BCUT2D eigenvalue weighted by Crippen LogP contribution is -2.37. The van der Waals surface area contributed by atoms with E-state index in [1.165, 1.54) is 0 Å². The van der Waals surface area contributed by atoms with E-state index in [9.17, 15) is 9.59 Å². The molecule has 5 rings (SSSR count). The van der Waals surface area contributed by atoms with Gasteiger partial charge in [0.15, 0.2) is 0 Å². The number of imidazole rings is 2. The molecule has 0 saturated carbocycles. The summed E-state index contributed by atoms with van der Waals surface area (Å²) in [5.41, 5.74) is 6.52. The number of fused-ring (bicyclic) bond motifs is 2. The number of carbonyl (C=O) groups excluding carboxylic acids is 2. The second kappa shape index (κ2) is 13.3. The first-order valence-electron chi connectivity index (χ1n) is 16.5. The largest absolute Gasteiger partial charge is 0.444 e. The first-order valence-corrected chi connectivity index (χ1v) is 16.5. The molecule has 2 atom stereocenters. The number of aromatic nitrogens is 4. The highest BCUT2D eigenvalue weighted by Crippen LogP contribution is 2.31. The molecule has 2 amide bonds. The number of nitrogens with one attached hydrogen (secondary N) is 4. The van der Waals surface area contributed by atoms with Crippen molar-refractivity contribution in [2.75, 3.05) is 0 Å². The Hall–Kier alpha value is -4.86. The molecule has 0 aliphatic rings. The molecule has 0 aliphatic heterocycles. The van der Waals surface area contributed by atoms with Crippen molar-refractivity contribution in [3.8, 4) is 22.3 Å². The highest BCUT2D eigenvalue weighted by molar-refractivity contribution is 5.85. The Labute approximate surface area is 282 Å². The van der Waals surface area contributed by atoms with Gasteiger partial charge in [0.1, 0.15) is 22.9 Å². The number of benzene rings is 3. The lowest BCUT2D eigenvalue weighted by atomic mass is 10.00. The third kappa shape index (κ3) is 8.34. The van der Waals surface area contributed by atoms with Gasteiger partial charge < -0.3 is 30.1 Å². The number of rotatable bonds is 8. The van der Waals surface area contributed by atoms with E-state index in [1.807, 2.05) is 81.4 Å². The second-order valence-corrected chi connectivity index (χ2v) is 15.0. The molecule has 4 N–H and O–H groups in total. The van der Waals surface area contributed by atoms with Gasteiger partial charge in [0.2, 0.25) is 0 Å². The quantitative estimate of drug-likeness (QED) is 0.132. The van der Waals surface area contributed by atoms with Gasteiger partial charge in [-0.05, 0) is 99.9 Å². The minimum atomic E-state index is -0.585. The third-order valence-electron chi connectivity index (χ3n) is 7.82. The van der Waals surface area contributed by atoms with Crippen molar-refractivity contribution in [3.63, 3.8) is 0 Å². The van der Waals surface area contributed by atoms with Crippen molar-refractivity contribution in [1.29, 1.82) is 0 Å². The summed E-state index contributed by atoms with van der Waals surface area (Å²) in [5, 5.41) is 5.95. The molecular weight excluding hydrogens is 604 g/mol.